The van der Waals surface area contributed by atoms with Gasteiger partial charge in [-0.25, -0.2) is 0 Å². The fourth-order valence-electron chi connectivity index (χ4n) is 2.13. The van der Waals surface area contributed by atoms with Crippen molar-refractivity contribution in [3.63, 3.8) is 0 Å². The SMILES string of the molecule is NC1(CNc2ccc3nnc(C(F)(F)F)n3n2)CCC1. The molecule has 1 fully saturated rings. The Morgan fingerprint density at radius 3 is 2.65 bits per heavy atom. The average Bonchev–Trinajstić information content (AvgIpc) is 2.76. The summed E-state index contributed by atoms with van der Waals surface area (Å²) < 4.78 is 38.8. The minimum atomic E-state index is -4.59. The molecule has 0 bridgehead atoms. The molecular weight excluding hydrogens is 273 g/mol. The van der Waals surface area contributed by atoms with Crippen LogP contribution in [0, 0.1) is 0 Å². The Bertz CT molecular complexity index is 631. The number of hydrogen-bond acceptors (Lipinski definition) is 5. The van der Waals surface area contributed by atoms with Crippen molar-refractivity contribution >= 4 is 11.5 Å². The van der Waals surface area contributed by atoms with Crippen molar-refractivity contribution in [1.82, 2.24) is 19.8 Å². The third-order valence-corrected chi connectivity index (χ3v) is 3.49. The number of anilines is 1. The molecule has 1 saturated carbocycles. The summed E-state index contributed by atoms with van der Waals surface area (Å²) in [5, 5.41) is 13.4. The number of halogens is 3. The van der Waals surface area contributed by atoms with Crippen LogP contribution in [-0.2, 0) is 6.18 Å². The number of nitrogens with two attached hydrogens (primary N) is 1. The lowest BCUT2D eigenvalue weighted by atomic mass is 9.78. The van der Waals surface area contributed by atoms with E-state index in [1.165, 1.54) is 6.07 Å². The Morgan fingerprint density at radius 1 is 1.30 bits per heavy atom. The van der Waals surface area contributed by atoms with Gasteiger partial charge in [-0.1, -0.05) is 0 Å². The smallest absolute Gasteiger partial charge is 0.367 e. The van der Waals surface area contributed by atoms with Crippen LogP contribution < -0.4 is 11.1 Å². The van der Waals surface area contributed by atoms with Gasteiger partial charge in [0.25, 0.3) is 5.82 Å². The van der Waals surface area contributed by atoms with Crippen molar-refractivity contribution in [2.24, 2.45) is 5.73 Å². The third kappa shape index (κ3) is 2.28. The molecular formula is C11H13F3N6. The average molecular weight is 286 g/mol. The van der Waals surface area contributed by atoms with E-state index in [-0.39, 0.29) is 11.2 Å². The van der Waals surface area contributed by atoms with Crippen LogP contribution in [-0.4, -0.2) is 31.9 Å². The predicted octanol–water partition coefficient (Wildman–Crippen LogP) is 1.44. The molecule has 3 rings (SSSR count). The Kier molecular flexibility index (Phi) is 2.82. The Hall–Kier alpha value is -1.90. The van der Waals surface area contributed by atoms with E-state index in [0.717, 1.165) is 19.3 Å². The highest BCUT2D eigenvalue weighted by Crippen LogP contribution is 2.29. The van der Waals surface area contributed by atoms with Crippen LogP contribution >= 0.6 is 0 Å². The first-order chi connectivity index (χ1) is 9.37. The minimum absolute atomic E-state index is 0.0500. The number of nitrogens with one attached hydrogen (secondary N) is 1. The molecule has 1 aliphatic rings. The highest BCUT2D eigenvalue weighted by molar-refractivity contribution is 5.44. The molecule has 108 valence electrons. The summed E-state index contributed by atoms with van der Waals surface area (Å²) in [5.74, 6) is -0.818. The summed E-state index contributed by atoms with van der Waals surface area (Å²) in [7, 11) is 0. The zero-order valence-electron chi connectivity index (χ0n) is 10.5. The Balaban J connectivity index is 1.85. The van der Waals surface area contributed by atoms with E-state index in [1.807, 2.05) is 0 Å². The van der Waals surface area contributed by atoms with Gasteiger partial charge in [-0.05, 0) is 31.4 Å². The Morgan fingerprint density at radius 2 is 2.05 bits per heavy atom. The van der Waals surface area contributed by atoms with E-state index in [2.05, 4.69) is 20.6 Å². The molecule has 0 amide bonds. The molecule has 2 heterocycles. The van der Waals surface area contributed by atoms with Crippen LogP contribution in [0.3, 0.4) is 0 Å². The monoisotopic (exact) mass is 286 g/mol. The van der Waals surface area contributed by atoms with E-state index < -0.39 is 12.0 Å². The maximum atomic E-state index is 12.7. The van der Waals surface area contributed by atoms with Crippen LogP contribution in [0.15, 0.2) is 12.1 Å². The number of fused-ring (bicyclic) bond motifs is 1. The minimum Gasteiger partial charge on any atom is -0.367 e. The summed E-state index contributed by atoms with van der Waals surface area (Å²) in [6, 6.07) is 2.99. The number of alkyl halides is 3. The van der Waals surface area contributed by atoms with Crippen molar-refractivity contribution in [2.75, 3.05) is 11.9 Å². The highest BCUT2D eigenvalue weighted by Gasteiger charge is 2.38. The molecule has 0 radical (unpaired) electrons. The molecule has 3 N–H and O–H groups in total. The van der Waals surface area contributed by atoms with Gasteiger partial charge in [0.2, 0.25) is 0 Å². The van der Waals surface area contributed by atoms with Crippen LogP contribution in [0.2, 0.25) is 0 Å². The fourth-order valence-corrected chi connectivity index (χ4v) is 2.13. The topological polar surface area (TPSA) is 81.1 Å². The standard InChI is InChI=1S/C11H13F3N6/c12-11(13,14)9-18-17-8-3-2-7(19-20(8)9)16-6-10(15)4-1-5-10/h2-3H,1,4-6,15H2,(H,16,19). The molecule has 20 heavy (non-hydrogen) atoms. The second-order valence-corrected chi connectivity index (χ2v) is 5.08. The van der Waals surface area contributed by atoms with Gasteiger partial charge < -0.3 is 11.1 Å². The molecule has 6 nitrogen and oxygen atoms in total. The lowest BCUT2D eigenvalue weighted by molar-refractivity contribution is -0.146. The van der Waals surface area contributed by atoms with E-state index in [9.17, 15) is 13.2 Å². The second kappa shape index (κ2) is 4.30. The largest absolute Gasteiger partial charge is 0.453 e. The zero-order valence-corrected chi connectivity index (χ0v) is 10.5. The fraction of sp³-hybridized carbons (Fsp3) is 0.545. The maximum Gasteiger partial charge on any atom is 0.453 e. The van der Waals surface area contributed by atoms with Crippen molar-refractivity contribution in [1.29, 1.82) is 0 Å². The quantitative estimate of drug-likeness (QED) is 0.892. The summed E-state index contributed by atoms with van der Waals surface area (Å²) in [5.41, 5.74) is 5.81. The molecule has 0 spiro atoms. The molecule has 1 aliphatic carbocycles. The van der Waals surface area contributed by atoms with Crippen molar-refractivity contribution in [3.05, 3.63) is 18.0 Å². The molecule has 0 aromatic carbocycles. The van der Waals surface area contributed by atoms with Crippen LogP contribution in [0.1, 0.15) is 25.1 Å². The molecule has 0 saturated heterocycles. The molecule has 0 aliphatic heterocycles. The predicted molar refractivity (Wildman–Crippen MR) is 65.0 cm³/mol. The van der Waals surface area contributed by atoms with Gasteiger partial charge in [-0.3, -0.25) is 0 Å². The number of rotatable bonds is 3. The first kappa shape index (κ1) is 13.1. The van der Waals surface area contributed by atoms with Gasteiger partial charge in [0, 0.05) is 12.1 Å². The molecule has 9 heteroatoms. The Labute approximate surface area is 112 Å². The molecule has 0 unspecified atom stereocenters. The summed E-state index contributed by atoms with van der Waals surface area (Å²) in [6.45, 7) is 0.481. The lowest BCUT2D eigenvalue weighted by Crippen LogP contribution is -2.52. The molecule has 2 aromatic rings. The summed E-state index contributed by atoms with van der Waals surface area (Å²) in [6.07, 6.45) is -1.70. The molecule has 2 aromatic heterocycles. The summed E-state index contributed by atoms with van der Waals surface area (Å²) >= 11 is 0. The summed E-state index contributed by atoms with van der Waals surface area (Å²) in [4.78, 5) is 0. The van der Waals surface area contributed by atoms with Gasteiger partial charge in [-0.15, -0.1) is 15.3 Å². The first-order valence-corrected chi connectivity index (χ1v) is 6.20. The molecule has 0 atom stereocenters. The van der Waals surface area contributed by atoms with Gasteiger partial charge in [0.15, 0.2) is 5.65 Å². The van der Waals surface area contributed by atoms with Gasteiger partial charge in [-0.2, -0.15) is 17.7 Å². The van der Waals surface area contributed by atoms with Crippen molar-refractivity contribution < 1.29 is 13.2 Å². The normalized spacial score (nSPS) is 18.0. The first-order valence-electron chi connectivity index (χ1n) is 6.20. The van der Waals surface area contributed by atoms with Crippen LogP contribution in [0.4, 0.5) is 19.0 Å². The maximum absolute atomic E-state index is 12.7. The number of nitrogens with zero attached hydrogens (tertiary/aromatic N) is 4. The van der Waals surface area contributed by atoms with Crippen molar-refractivity contribution in [3.8, 4) is 0 Å². The van der Waals surface area contributed by atoms with E-state index in [0.29, 0.717) is 16.9 Å². The zero-order chi connectivity index (χ0) is 14.4. The number of aromatic nitrogens is 4. The van der Waals surface area contributed by atoms with Crippen LogP contribution in [0.5, 0.6) is 0 Å². The van der Waals surface area contributed by atoms with Gasteiger partial charge in [0.1, 0.15) is 5.82 Å². The van der Waals surface area contributed by atoms with E-state index in [1.54, 1.807) is 6.07 Å². The van der Waals surface area contributed by atoms with Gasteiger partial charge >= 0.3 is 6.18 Å². The van der Waals surface area contributed by atoms with Gasteiger partial charge in [0.05, 0.1) is 0 Å². The second-order valence-electron chi connectivity index (χ2n) is 5.08. The third-order valence-electron chi connectivity index (χ3n) is 3.49. The highest BCUT2D eigenvalue weighted by atomic mass is 19.4. The lowest BCUT2D eigenvalue weighted by Gasteiger charge is -2.38. The number of hydrogen-bond donors (Lipinski definition) is 2. The van der Waals surface area contributed by atoms with Crippen LogP contribution in [0.25, 0.3) is 5.65 Å². The van der Waals surface area contributed by atoms with E-state index in [4.69, 9.17) is 5.73 Å². The van der Waals surface area contributed by atoms with E-state index >= 15 is 0 Å². The van der Waals surface area contributed by atoms with Crippen molar-refractivity contribution in [2.45, 2.75) is 31.0 Å².